The lowest BCUT2D eigenvalue weighted by Gasteiger charge is -2.28. The van der Waals surface area contributed by atoms with E-state index in [0.29, 0.717) is 30.0 Å². The van der Waals surface area contributed by atoms with Crippen LogP contribution in [0.15, 0.2) is 60.2 Å². The number of ether oxygens (including phenoxy) is 2. The van der Waals surface area contributed by atoms with Crippen LogP contribution in [-0.4, -0.2) is 48.1 Å². The molecular formula is C23H23NO5. The number of methoxy groups -OCH3 is 1. The van der Waals surface area contributed by atoms with E-state index in [4.69, 9.17) is 9.47 Å². The first kappa shape index (κ1) is 19.2. The van der Waals surface area contributed by atoms with Gasteiger partial charge in [-0.15, -0.1) is 0 Å². The van der Waals surface area contributed by atoms with Crippen LogP contribution in [-0.2, 0) is 14.3 Å². The molecule has 6 heteroatoms. The van der Waals surface area contributed by atoms with Gasteiger partial charge < -0.3 is 19.5 Å². The molecule has 2 aromatic carbocycles. The van der Waals surface area contributed by atoms with E-state index in [0.717, 1.165) is 12.8 Å². The van der Waals surface area contributed by atoms with Crippen molar-refractivity contribution in [2.75, 3.05) is 20.3 Å². The number of Topliss-reactive ketones (excluding diaryl/α,β-unsaturated/α-hetero) is 1. The van der Waals surface area contributed by atoms with Crippen molar-refractivity contribution in [3.63, 3.8) is 0 Å². The summed E-state index contributed by atoms with van der Waals surface area (Å²) in [6.45, 7) is 0.941. The molecule has 4 rings (SSSR count). The number of hydrogen-bond donors (Lipinski definition) is 1. The van der Waals surface area contributed by atoms with Crippen molar-refractivity contribution >= 4 is 17.4 Å². The van der Waals surface area contributed by atoms with Crippen LogP contribution >= 0.6 is 0 Å². The maximum atomic E-state index is 13.0. The molecule has 0 radical (unpaired) electrons. The second-order valence-electron chi connectivity index (χ2n) is 7.19. The molecule has 0 spiro atoms. The lowest BCUT2D eigenvalue weighted by molar-refractivity contribution is -0.140. The maximum absolute atomic E-state index is 13.0. The quantitative estimate of drug-likeness (QED) is 0.479. The van der Waals surface area contributed by atoms with Gasteiger partial charge in [-0.3, -0.25) is 9.59 Å². The Morgan fingerprint density at radius 3 is 2.55 bits per heavy atom. The molecule has 0 saturated carbocycles. The van der Waals surface area contributed by atoms with E-state index in [1.54, 1.807) is 37.4 Å². The first-order chi connectivity index (χ1) is 14.1. The molecule has 6 nitrogen and oxygen atoms in total. The van der Waals surface area contributed by atoms with Gasteiger partial charge in [0.15, 0.2) is 0 Å². The largest absolute Gasteiger partial charge is 0.507 e. The SMILES string of the molecule is COc1ccccc1[C@@H]1C(=C(O)c2ccccc2)C(=O)C(=O)N1C[C@H]1CCCO1. The third-order valence-corrected chi connectivity index (χ3v) is 5.45. The average molecular weight is 393 g/mol. The third-order valence-electron chi connectivity index (χ3n) is 5.45. The van der Waals surface area contributed by atoms with Gasteiger partial charge in [0.1, 0.15) is 11.5 Å². The summed E-state index contributed by atoms with van der Waals surface area (Å²) in [5.74, 6) is -0.959. The Labute approximate surface area is 169 Å². The van der Waals surface area contributed by atoms with E-state index >= 15 is 0 Å². The Morgan fingerprint density at radius 1 is 1.14 bits per heavy atom. The Kier molecular flexibility index (Phi) is 5.36. The fraction of sp³-hybridized carbons (Fsp3) is 0.304. The number of carbonyl (C=O) groups is 2. The molecule has 2 aliphatic rings. The first-order valence-corrected chi connectivity index (χ1v) is 9.70. The van der Waals surface area contributed by atoms with Crippen LogP contribution in [0.25, 0.3) is 5.76 Å². The van der Waals surface area contributed by atoms with E-state index in [1.807, 2.05) is 24.3 Å². The van der Waals surface area contributed by atoms with Crippen LogP contribution in [0.4, 0.5) is 0 Å². The first-order valence-electron chi connectivity index (χ1n) is 9.70. The zero-order chi connectivity index (χ0) is 20.4. The number of nitrogens with zero attached hydrogens (tertiary/aromatic N) is 1. The van der Waals surface area contributed by atoms with Gasteiger partial charge >= 0.3 is 0 Å². The van der Waals surface area contributed by atoms with E-state index in [2.05, 4.69) is 0 Å². The molecule has 2 saturated heterocycles. The number of rotatable bonds is 5. The Morgan fingerprint density at radius 2 is 1.86 bits per heavy atom. The summed E-state index contributed by atoms with van der Waals surface area (Å²) in [5, 5.41) is 11.0. The standard InChI is InChI=1S/C23H23NO5/c1-28-18-12-6-5-11-17(18)20-19(21(25)15-8-3-2-4-9-15)22(26)23(27)24(20)14-16-10-7-13-29-16/h2-6,8-9,11-12,16,20,25H,7,10,13-14H2,1H3/t16-,20-/m1/s1. The zero-order valence-electron chi connectivity index (χ0n) is 16.2. The summed E-state index contributed by atoms with van der Waals surface area (Å²) in [7, 11) is 1.54. The summed E-state index contributed by atoms with van der Waals surface area (Å²) >= 11 is 0. The molecule has 1 amide bonds. The van der Waals surface area contributed by atoms with E-state index < -0.39 is 17.7 Å². The highest BCUT2D eigenvalue weighted by atomic mass is 16.5. The molecule has 150 valence electrons. The van der Waals surface area contributed by atoms with Crippen LogP contribution in [0.1, 0.15) is 30.0 Å². The molecule has 2 atom stereocenters. The highest BCUT2D eigenvalue weighted by Crippen LogP contribution is 2.43. The zero-order valence-corrected chi connectivity index (χ0v) is 16.2. The number of benzene rings is 2. The van der Waals surface area contributed by atoms with Crippen LogP contribution in [0.5, 0.6) is 5.75 Å². The molecular weight excluding hydrogens is 370 g/mol. The van der Waals surface area contributed by atoms with Crippen molar-refractivity contribution in [2.45, 2.75) is 25.0 Å². The number of aliphatic hydroxyl groups is 1. The van der Waals surface area contributed by atoms with Crippen LogP contribution in [0, 0.1) is 0 Å². The van der Waals surface area contributed by atoms with Gasteiger partial charge in [0.2, 0.25) is 0 Å². The third kappa shape index (κ3) is 3.51. The molecule has 2 heterocycles. The van der Waals surface area contributed by atoms with Gasteiger partial charge in [-0.2, -0.15) is 0 Å². The van der Waals surface area contributed by atoms with Crippen molar-refractivity contribution in [3.05, 3.63) is 71.3 Å². The summed E-state index contributed by atoms with van der Waals surface area (Å²) in [6.07, 6.45) is 1.64. The van der Waals surface area contributed by atoms with Crippen molar-refractivity contribution in [2.24, 2.45) is 0 Å². The maximum Gasteiger partial charge on any atom is 0.295 e. The summed E-state index contributed by atoms with van der Waals surface area (Å²) in [5.41, 5.74) is 1.22. The fourth-order valence-electron chi connectivity index (χ4n) is 4.04. The molecule has 0 bridgehead atoms. The predicted molar refractivity (Wildman–Crippen MR) is 107 cm³/mol. The van der Waals surface area contributed by atoms with Crippen LogP contribution in [0.2, 0.25) is 0 Å². The van der Waals surface area contributed by atoms with Crippen molar-refractivity contribution in [1.82, 2.24) is 4.90 Å². The molecule has 0 aromatic heterocycles. The van der Waals surface area contributed by atoms with Crippen molar-refractivity contribution in [3.8, 4) is 5.75 Å². The fourth-order valence-corrected chi connectivity index (χ4v) is 4.04. The Hall–Kier alpha value is -3.12. The second kappa shape index (κ2) is 8.09. The molecule has 0 unspecified atom stereocenters. The number of amides is 1. The Balaban J connectivity index is 1.86. The van der Waals surface area contributed by atoms with Gasteiger partial charge in [0.05, 0.1) is 24.8 Å². The van der Waals surface area contributed by atoms with Crippen molar-refractivity contribution < 1.29 is 24.2 Å². The van der Waals surface area contributed by atoms with Crippen LogP contribution < -0.4 is 4.74 Å². The number of hydrogen-bond acceptors (Lipinski definition) is 5. The number of ketones is 1. The van der Waals surface area contributed by atoms with E-state index in [9.17, 15) is 14.7 Å². The van der Waals surface area contributed by atoms with Gasteiger partial charge in [-0.05, 0) is 18.9 Å². The molecule has 29 heavy (non-hydrogen) atoms. The van der Waals surface area contributed by atoms with E-state index in [1.165, 1.54) is 4.90 Å². The summed E-state index contributed by atoms with van der Waals surface area (Å²) in [6, 6.07) is 15.3. The molecule has 2 fully saturated rings. The minimum atomic E-state index is -0.740. The normalized spacial score (nSPS) is 23.6. The lowest BCUT2D eigenvalue weighted by Crippen LogP contribution is -2.36. The van der Waals surface area contributed by atoms with E-state index in [-0.39, 0.29) is 17.4 Å². The topological polar surface area (TPSA) is 76.1 Å². The monoisotopic (exact) mass is 393 g/mol. The lowest BCUT2D eigenvalue weighted by atomic mass is 9.94. The van der Waals surface area contributed by atoms with Gasteiger partial charge in [-0.1, -0.05) is 48.5 Å². The molecule has 2 aliphatic heterocycles. The van der Waals surface area contributed by atoms with Gasteiger partial charge in [-0.25, -0.2) is 0 Å². The highest BCUT2D eigenvalue weighted by Gasteiger charge is 2.47. The predicted octanol–water partition coefficient (Wildman–Crippen LogP) is 3.30. The molecule has 0 aliphatic carbocycles. The highest BCUT2D eigenvalue weighted by molar-refractivity contribution is 6.46. The summed E-state index contributed by atoms with van der Waals surface area (Å²) in [4.78, 5) is 27.5. The van der Waals surface area contributed by atoms with Crippen LogP contribution in [0.3, 0.4) is 0 Å². The smallest absolute Gasteiger partial charge is 0.295 e. The summed E-state index contributed by atoms with van der Waals surface area (Å²) < 4.78 is 11.2. The minimum Gasteiger partial charge on any atom is -0.507 e. The number of likely N-dealkylation sites (tertiary alicyclic amines) is 1. The second-order valence-corrected chi connectivity index (χ2v) is 7.19. The minimum absolute atomic E-state index is 0.0729. The van der Waals surface area contributed by atoms with Gasteiger partial charge in [0, 0.05) is 24.3 Å². The average Bonchev–Trinajstić information content (AvgIpc) is 3.36. The molecule has 2 aromatic rings. The van der Waals surface area contributed by atoms with Gasteiger partial charge in [0.25, 0.3) is 11.7 Å². The number of carbonyl (C=O) groups excluding carboxylic acids is 2. The number of para-hydroxylation sites is 1. The molecule has 1 N–H and O–H groups in total. The van der Waals surface area contributed by atoms with Crippen molar-refractivity contribution in [1.29, 1.82) is 0 Å². The Bertz CT molecular complexity index is 947. The number of aliphatic hydroxyl groups excluding tert-OH is 1.